The maximum Gasteiger partial charge on any atom is 0.311 e. The summed E-state index contributed by atoms with van der Waals surface area (Å²) in [7, 11) is 0. The Morgan fingerprint density at radius 2 is 0.510 bits per heavy atom. The number of hydrogen-bond donors (Lipinski definition) is 0. The van der Waals surface area contributed by atoms with Gasteiger partial charge in [-0.25, -0.2) is 0 Å². The van der Waals surface area contributed by atoms with Crippen LogP contribution < -0.4 is 0 Å². The first-order valence-corrected chi connectivity index (χ1v) is 16.9. The zero-order valence-electron chi connectivity index (χ0n) is 31.7. The summed E-state index contributed by atoms with van der Waals surface area (Å²) >= 11 is 0. The predicted molar refractivity (Wildman–Crippen MR) is 206 cm³/mol. The third-order valence-electron chi connectivity index (χ3n) is 7.92. The Bertz CT molecular complexity index is 812. The van der Waals surface area contributed by atoms with Gasteiger partial charge in [-0.3, -0.25) is 19.2 Å². The fraction of sp³-hybridized carbons (Fsp3) is 0.902. The van der Waals surface area contributed by atoms with Crippen LogP contribution in [0.15, 0.2) is 0 Å². The Kier molecular flexibility index (Phi) is 26.0. The summed E-state index contributed by atoms with van der Waals surface area (Å²) in [5, 5.41) is 0. The molecule has 0 atom stereocenters. The molecule has 8 heteroatoms. The molecule has 296 valence electrons. The molecular formula is C41H84O8. The average Bonchev–Trinajstić information content (AvgIpc) is 2.83. The van der Waals surface area contributed by atoms with Crippen molar-refractivity contribution >= 4 is 23.9 Å². The maximum atomic E-state index is 13.4. The van der Waals surface area contributed by atoms with E-state index in [2.05, 4.69) is 0 Å². The molecule has 8 nitrogen and oxygen atoms in total. The molecule has 0 aromatic carbocycles. The van der Waals surface area contributed by atoms with Crippen LogP contribution in [0.1, 0.15) is 166 Å². The smallest absolute Gasteiger partial charge is 0.311 e. The van der Waals surface area contributed by atoms with Crippen LogP contribution in [0.3, 0.4) is 0 Å². The molecule has 0 aromatic rings. The SMILES string of the molecule is C.C.C.C.CC(C)CC(C)(C)C(=O)OCC(COC(=O)C(C)(C)CC(C)C)(COC(=O)C(C)(C)CC(C)C)COC(=O)C(C)(C)CC(C)C. The number of rotatable bonds is 20. The van der Waals surface area contributed by atoms with Crippen LogP contribution in [0.25, 0.3) is 0 Å². The number of esters is 4. The second kappa shape index (κ2) is 22.6. The first kappa shape index (κ1) is 56.3. The Morgan fingerprint density at radius 1 is 0.367 bits per heavy atom. The lowest BCUT2D eigenvalue weighted by Gasteiger charge is -2.36. The van der Waals surface area contributed by atoms with Gasteiger partial charge < -0.3 is 18.9 Å². The van der Waals surface area contributed by atoms with Crippen molar-refractivity contribution in [2.24, 2.45) is 50.7 Å². The van der Waals surface area contributed by atoms with Crippen LogP contribution in [0.2, 0.25) is 0 Å². The minimum atomic E-state index is -1.32. The van der Waals surface area contributed by atoms with Crippen LogP contribution >= 0.6 is 0 Å². The summed E-state index contributed by atoms with van der Waals surface area (Å²) in [5.74, 6) is -0.668. The van der Waals surface area contributed by atoms with E-state index in [0.29, 0.717) is 25.7 Å². The highest BCUT2D eigenvalue weighted by atomic mass is 16.6. The number of carbonyl (C=O) groups is 4. The second-order valence-corrected chi connectivity index (χ2v) is 17.7. The molecule has 0 rings (SSSR count). The molecule has 0 aliphatic heterocycles. The van der Waals surface area contributed by atoms with E-state index in [4.69, 9.17) is 18.9 Å². The third kappa shape index (κ3) is 20.4. The first-order valence-electron chi connectivity index (χ1n) is 16.9. The minimum absolute atomic E-state index is 0. The van der Waals surface area contributed by atoms with Gasteiger partial charge in [0.2, 0.25) is 0 Å². The Labute approximate surface area is 304 Å². The van der Waals surface area contributed by atoms with Gasteiger partial charge in [-0.05, 0) is 105 Å². The Hall–Kier alpha value is -2.12. The molecule has 0 spiro atoms. The van der Waals surface area contributed by atoms with Gasteiger partial charge in [0, 0.05) is 0 Å². The fourth-order valence-corrected chi connectivity index (χ4v) is 6.32. The van der Waals surface area contributed by atoms with Crippen molar-refractivity contribution in [3.8, 4) is 0 Å². The molecule has 0 unspecified atom stereocenters. The van der Waals surface area contributed by atoms with Crippen molar-refractivity contribution in [1.82, 2.24) is 0 Å². The van der Waals surface area contributed by atoms with E-state index < -0.39 is 51.0 Å². The molecule has 0 aliphatic carbocycles. The normalized spacial score (nSPS) is 12.3. The Morgan fingerprint density at radius 3 is 0.633 bits per heavy atom. The van der Waals surface area contributed by atoms with Gasteiger partial charge in [0.15, 0.2) is 0 Å². The molecule has 0 N–H and O–H groups in total. The largest absolute Gasteiger partial charge is 0.464 e. The van der Waals surface area contributed by atoms with Crippen LogP contribution in [0.4, 0.5) is 0 Å². The van der Waals surface area contributed by atoms with E-state index in [1.807, 2.05) is 111 Å². The van der Waals surface area contributed by atoms with E-state index in [9.17, 15) is 19.2 Å². The summed E-state index contributed by atoms with van der Waals surface area (Å²) in [6, 6.07) is 0. The van der Waals surface area contributed by atoms with Crippen LogP contribution in [-0.2, 0) is 38.1 Å². The molecule has 0 saturated heterocycles. The fourth-order valence-electron chi connectivity index (χ4n) is 6.32. The van der Waals surface area contributed by atoms with Crippen LogP contribution in [0.5, 0.6) is 0 Å². The van der Waals surface area contributed by atoms with Crippen molar-refractivity contribution in [3.63, 3.8) is 0 Å². The van der Waals surface area contributed by atoms with Gasteiger partial charge >= 0.3 is 23.9 Å². The summed E-state index contributed by atoms with van der Waals surface area (Å²) in [6.07, 6.45) is 2.42. The van der Waals surface area contributed by atoms with Crippen molar-refractivity contribution in [2.45, 2.75) is 166 Å². The first-order chi connectivity index (χ1) is 20.2. The number of ether oxygens (including phenoxy) is 4. The lowest BCUT2D eigenvalue weighted by atomic mass is 9.83. The van der Waals surface area contributed by atoms with Gasteiger partial charge in [0.05, 0.1) is 21.7 Å². The third-order valence-corrected chi connectivity index (χ3v) is 7.92. The second-order valence-electron chi connectivity index (χ2n) is 17.7. The Balaban J connectivity index is -0.00000161. The van der Waals surface area contributed by atoms with Crippen molar-refractivity contribution < 1.29 is 38.1 Å². The summed E-state index contributed by atoms with van der Waals surface area (Å²) in [5.41, 5.74) is -4.42. The quantitative estimate of drug-likeness (QED) is 0.0911. The molecule has 0 radical (unpaired) electrons. The highest BCUT2D eigenvalue weighted by molar-refractivity contribution is 5.78. The highest BCUT2D eigenvalue weighted by Crippen LogP contribution is 2.34. The molecule has 0 aromatic heterocycles. The molecule has 0 heterocycles. The standard InChI is InChI=1S/C37H68O8.4CH4/c1-25(2)17-33(9,10)29(38)42-21-37(22-43-30(39)34(11,12)18-26(3)4,23-44-31(40)35(13,14)19-27(5)6)24-45-32(41)36(15,16)20-28(7)8;;;;/h25-28H,17-24H2,1-16H3;4*1H4. The molecule has 0 bridgehead atoms. The summed E-state index contributed by atoms with van der Waals surface area (Å²) in [6.45, 7) is 29.9. The van der Waals surface area contributed by atoms with Crippen molar-refractivity contribution in [1.29, 1.82) is 0 Å². The van der Waals surface area contributed by atoms with E-state index in [0.717, 1.165) is 0 Å². The predicted octanol–water partition coefficient (Wildman–Crippen LogP) is 11.0. The number of hydrogen-bond acceptors (Lipinski definition) is 8. The lowest BCUT2D eigenvalue weighted by molar-refractivity contribution is -0.183. The van der Waals surface area contributed by atoms with Gasteiger partial charge in [0.25, 0.3) is 0 Å². The van der Waals surface area contributed by atoms with Crippen LogP contribution in [0, 0.1) is 50.7 Å². The van der Waals surface area contributed by atoms with E-state index in [1.165, 1.54) is 0 Å². The lowest BCUT2D eigenvalue weighted by Crippen LogP contribution is -2.47. The van der Waals surface area contributed by atoms with Crippen molar-refractivity contribution in [2.75, 3.05) is 26.4 Å². The summed E-state index contributed by atoms with van der Waals surface area (Å²) in [4.78, 5) is 53.4. The zero-order valence-corrected chi connectivity index (χ0v) is 31.7. The van der Waals surface area contributed by atoms with Crippen LogP contribution in [-0.4, -0.2) is 50.3 Å². The topological polar surface area (TPSA) is 105 Å². The molecule has 49 heavy (non-hydrogen) atoms. The molecule has 0 fully saturated rings. The van der Waals surface area contributed by atoms with Gasteiger partial charge in [-0.1, -0.05) is 85.1 Å². The van der Waals surface area contributed by atoms with Crippen molar-refractivity contribution in [3.05, 3.63) is 0 Å². The van der Waals surface area contributed by atoms with E-state index in [-0.39, 0.29) is 79.8 Å². The van der Waals surface area contributed by atoms with E-state index in [1.54, 1.807) is 0 Å². The van der Waals surface area contributed by atoms with Gasteiger partial charge in [-0.15, -0.1) is 0 Å². The maximum absolute atomic E-state index is 13.4. The molecule has 0 saturated carbocycles. The summed E-state index contributed by atoms with van der Waals surface area (Å²) < 4.78 is 23.6. The molecule has 0 amide bonds. The monoisotopic (exact) mass is 705 g/mol. The average molecular weight is 705 g/mol. The molecular weight excluding hydrogens is 620 g/mol. The number of carbonyl (C=O) groups excluding carboxylic acids is 4. The minimum Gasteiger partial charge on any atom is -0.464 e. The van der Waals surface area contributed by atoms with E-state index >= 15 is 0 Å². The molecule has 0 aliphatic rings. The highest BCUT2D eigenvalue weighted by Gasteiger charge is 2.43. The van der Waals surface area contributed by atoms with Gasteiger partial charge in [0.1, 0.15) is 31.8 Å². The zero-order chi connectivity index (χ0) is 35.6. The van der Waals surface area contributed by atoms with Gasteiger partial charge in [-0.2, -0.15) is 0 Å².